The summed E-state index contributed by atoms with van der Waals surface area (Å²) in [5, 5.41) is 7.90. The molecule has 0 radical (unpaired) electrons. The molecule has 0 aromatic carbocycles. The molecule has 0 bridgehead atoms. The molecule has 0 atom stereocenters. The van der Waals surface area contributed by atoms with Crippen molar-refractivity contribution >= 4 is 5.91 Å². The first-order valence-electron chi connectivity index (χ1n) is 9.28. The lowest BCUT2D eigenvalue weighted by atomic mass is 10.3. The van der Waals surface area contributed by atoms with Crippen LogP contribution in [0.15, 0.2) is 10.9 Å². The number of halogens is 3. The smallest absolute Gasteiger partial charge is 0.339 e. The normalized spacial score (nSPS) is 17.5. The maximum Gasteiger partial charge on any atom is 0.435 e. The van der Waals surface area contributed by atoms with Gasteiger partial charge in [0.15, 0.2) is 5.69 Å². The van der Waals surface area contributed by atoms with Gasteiger partial charge in [-0.1, -0.05) is 0 Å². The number of nitrogens with zero attached hydrogens (tertiary/aromatic N) is 6. The van der Waals surface area contributed by atoms with Crippen LogP contribution in [-0.4, -0.2) is 48.0 Å². The molecular formula is C17H21F3N6O2. The minimum absolute atomic E-state index is 0.158. The van der Waals surface area contributed by atoms with Crippen LogP contribution >= 0.6 is 0 Å². The number of fused-ring (bicyclic) bond motifs is 1. The number of amides is 1. The third-order valence-electron chi connectivity index (χ3n) is 5.24. The average molecular weight is 398 g/mol. The maximum atomic E-state index is 12.8. The topological polar surface area (TPSA) is 78.0 Å². The number of alkyl halides is 3. The molecule has 2 aliphatic rings. The molecule has 0 spiro atoms. The van der Waals surface area contributed by atoms with Crippen LogP contribution in [0.1, 0.15) is 30.1 Å². The van der Waals surface area contributed by atoms with Gasteiger partial charge in [-0.3, -0.25) is 14.0 Å². The highest BCUT2D eigenvalue weighted by molar-refractivity contribution is 5.76. The molecule has 28 heavy (non-hydrogen) atoms. The van der Waals surface area contributed by atoms with Crippen LogP contribution in [0.25, 0.3) is 0 Å². The van der Waals surface area contributed by atoms with Gasteiger partial charge in [0, 0.05) is 38.3 Å². The van der Waals surface area contributed by atoms with E-state index in [0.29, 0.717) is 44.3 Å². The highest BCUT2D eigenvalue weighted by Gasteiger charge is 2.35. The Morgan fingerprint density at radius 3 is 2.57 bits per heavy atom. The Balaban J connectivity index is 1.42. The molecule has 3 heterocycles. The lowest BCUT2D eigenvalue weighted by Crippen LogP contribution is -2.37. The van der Waals surface area contributed by atoms with Gasteiger partial charge < -0.3 is 4.90 Å². The molecule has 1 fully saturated rings. The van der Waals surface area contributed by atoms with Crippen molar-refractivity contribution in [2.45, 2.75) is 52.0 Å². The van der Waals surface area contributed by atoms with Gasteiger partial charge in [0.05, 0.1) is 0 Å². The first kappa shape index (κ1) is 18.8. The van der Waals surface area contributed by atoms with Crippen molar-refractivity contribution in [1.29, 1.82) is 0 Å². The molecule has 0 N–H and O–H groups in total. The lowest BCUT2D eigenvalue weighted by Gasteiger charge is -2.20. The van der Waals surface area contributed by atoms with Crippen LogP contribution in [0.3, 0.4) is 0 Å². The first-order chi connectivity index (χ1) is 13.2. The number of aryl methyl sites for hydroxylation is 1. The molecule has 4 rings (SSSR count). The van der Waals surface area contributed by atoms with Crippen molar-refractivity contribution in [1.82, 2.24) is 29.0 Å². The Morgan fingerprint density at radius 2 is 1.93 bits per heavy atom. The van der Waals surface area contributed by atoms with E-state index in [0.717, 1.165) is 23.6 Å². The van der Waals surface area contributed by atoms with E-state index in [9.17, 15) is 22.8 Å². The quantitative estimate of drug-likeness (QED) is 0.772. The second kappa shape index (κ2) is 6.78. The summed E-state index contributed by atoms with van der Waals surface area (Å²) in [4.78, 5) is 26.6. The number of hydrogen-bond donors (Lipinski definition) is 0. The largest absolute Gasteiger partial charge is 0.435 e. The van der Waals surface area contributed by atoms with E-state index >= 15 is 0 Å². The van der Waals surface area contributed by atoms with Crippen LogP contribution in [-0.2, 0) is 37.0 Å². The maximum absolute atomic E-state index is 12.8. The van der Waals surface area contributed by atoms with Crippen molar-refractivity contribution in [3.05, 3.63) is 33.8 Å². The van der Waals surface area contributed by atoms with Crippen LogP contribution < -0.4 is 5.69 Å². The monoisotopic (exact) mass is 398 g/mol. The van der Waals surface area contributed by atoms with E-state index < -0.39 is 11.9 Å². The minimum Gasteiger partial charge on any atom is -0.339 e. The predicted molar refractivity (Wildman–Crippen MR) is 91.5 cm³/mol. The zero-order valence-electron chi connectivity index (χ0n) is 15.4. The first-order valence-corrected chi connectivity index (χ1v) is 9.28. The Morgan fingerprint density at radius 1 is 1.18 bits per heavy atom. The van der Waals surface area contributed by atoms with Crippen molar-refractivity contribution in [2.24, 2.45) is 5.92 Å². The summed E-state index contributed by atoms with van der Waals surface area (Å²) >= 11 is 0. The van der Waals surface area contributed by atoms with E-state index in [-0.39, 0.29) is 23.8 Å². The number of rotatable bonds is 4. The van der Waals surface area contributed by atoms with E-state index in [1.165, 1.54) is 11.6 Å². The van der Waals surface area contributed by atoms with Gasteiger partial charge >= 0.3 is 11.9 Å². The predicted octanol–water partition coefficient (Wildman–Crippen LogP) is 1.06. The Bertz CT molecular complexity index is 953. The Kier molecular flexibility index (Phi) is 4.54. The average Bonchev–Trinajstić information content (AvgIpc) is 3.33. The van der Waals surface area contributed by atoms with Gasteiger partial charge in [0.2, 0.25) is 5.91 Å². The molecule has 152 valence electrons. The molecule has 0 unspecified atom stereocenters. The number of carbonyl (C=O) groups is 1. The summed E-state index contributed by atoms with van der Waals surface area (Å²) in [6.45, 7) is 2.86. The molecule has 1 amide bonds. The fourth-order valence-electron chi connectivity index (χ4n) is 3.41. The fourth-order valence-corrected chi connectivity index (χ4v) is 3.41. The second-order valence-electron chi connectivity index (χ2n) is 7.43. The van der Waals surface area contributed by atoms with Gasteiger partial charge in [-0.05, 0) is 31.7 Å². The second-order valence-corrected chi connectivity index (χ2v) is 7.43. The summed E-state index contributed by atoms with van der Waals surface area (Å²) in [6, 6.07) is 0.924. The van der Waals surface area contributed by atoms with E-state index in [1.807, 2.05) is 0 Å². The fraction of sp³-hybridized carbons (Fsp3) is 0.647. The van der Waals surface area contributed by atoms with Crippen molar-refractivity contribution in [3.63, 3.8) is 0 Å². The number of carbonyl (C=O) groups excluding carboxylic acids is 1. The van der Waals surface area contributed by atoms with Gasteiger partial charge in [0.25, 0.3) is 0 Å². The van der Waals surface area contributed by atoms with Gasteiger partial charge in [0.1, 0.15) is 12.4 Å². The zero-order chi connectivity index (χ0) is 20.1. The van der Waals surface area contributed by atoms with Gasteiger partial charge in [-0.2, -0.15) is 23.4 Å². The summed E-state index contributed by atoms with van der Waals surface area (Å²) in [5.41, 5.74) is -0.898. The standard InChI is InChI=1S/C17H21F3N6O2/c1-11-8-13(17(18,19)20)21-25(11)10-15(27)23-5-4-14-22-26(9-12-2-3-12)16(28)24(14)7-6-23/h8,12H,2-7,9-10H2,1H3. The molecule has 8 nitrogen and oxygen atoms in total. The molecule has 11 heteroatoms. The van der Waals surface area contributed by atoms with Gasteiger partial charge in [-0.15, -0.1) is 0 Å². The molecule has 1 saturated carbocycles. The van der Waals surface area contributed by atoms with Crippen LogP contribution in [0.2, 0.25) is 0 Å². The van der Waals surface area contributed by atoms with Crippen molar-refractivity contribution < 1.29 is 18.0 Å². The summed E-state index contributed by atoms with van der Waals surface area (Å²) in [7, 11) is 0. The Labute approximate surface area is 158 Å². The van der Waals surface area contributed by atoms with E-state index in [4.69, 9.17) is 0 Å². The zero-order valence-corrected chi connectivity index (χ0v) is 15.4. The van der Waals surface area contributed by atoms with Crippen LogP contribution in [0, 0.1) is 12.8 Å². The molecule has 1 aliphatic carbocycles. The summed E-state index contributed by atoms with van der Waals surface area (Å²) < 4.78 is 42.5. The SMILES string of the molecule is Cc1cc(C(F)(F)F)nn1CC(=O)N1CCc2nn(CC3CC3)c(=O)n2CC1. The number of hydrogen-bond acceptors (Lipinski definition) is 4. The third-order valence-corrected chi connectivity index (χ3v) is 5.24. The summed E-state index contributed by atoms with van der Waals surface area (Å²) in [5.74, 6) is 0.855. The van der Waals surface area contributed by atoms with Gasteiger partial charge in [-0.25, -0.2) is 9.48 Å². The summed E-state index contributed by atoms with van der Waals surface area (Å²) in [6.07, 6.45) is -1.86. The van der Waals surface area contributed by atoms with Crippen molar-refractivity contribution in [3.8, 4) is 0 Å². The van der Waals surface area contributed by atoms with Crippen molar-refractivity contribution in [2.75, 3.05) is 13.1 Å². The molecule has 1 aliphatic heterocycles. The van der Waals surface area contributed by atoms with Crippen LogP contribution in [0.5, 0.6) is 0 Å². The highest BCUT2D eigenvalue weighted by Crippen LogP contribution is 2.30. The van der Waals surface area contributed by atoms with E-state index in [1.54, 1.807) is 9.47 Å². The highest BCUT2D eigenvalue weighted by atomic mass is 19.4. The minimum atomic E-state index is -4.54. The third kappa shape index (κ3) is 3.69. The Hall–Kier alpha value is -2.59. The van der Waals surface area contributed by atoms with E-state index in [2.05, 4.69) is 10.2 Å². The molecule has 0 saturated heterocycles. The lowest BCUT2D eigenvalue weighted by molar-refractivity contribution is -0.142. The number of aromatic nitrogens is 5. The molecule has 2 aromatic heterocycles. The van der Waals surface area contributed by atoms with Crippen LogP contribution in [0.4, 0.5) is 13.2 Å². The molecule has 2 aromatic rings. The molecular weight excluding hydrogens is 377 g/mol.